The highest BCUT2D eigenvalue weighted by molar-refractivity contribution is 5.91. The minimum atomic E-state index is -0.0712. The van der Waals surface area contributed by atoms with Crippen LogP contribution in [-0.4, -0.2) is 29.2 Å². The fraction of sp³-hybridized carbons (Fsp3) is 0.318. The van der Waals surface area contributed by atoms with Gasteiger partial charge in [-0.2, -0.15) is 0 Å². The van der Waals surface area contributed by atoms with Gasteiger partial charge >= 0.3 is 0 Å². The van der Waals surface area contributed by atoms with Crippen molar-refractivity contribution < 1.29 is 9.21 Å². The van der Waals surface area contributed by atoms with Crippen molar-refractivity contribution >= 4 is 17.3 Å². The van der Waals surface area contributed by atoms with Crippen LogP contribution in [-0.2, 0) is 11.2 Å². The topological polar surface area (TPSA) is 71.3 Å². The minimum Gasteiger partial charge on any atom is -0.421 e. The Hall–Kier alpha value is -3.15. The molecule has 146 valence electrons. The number of nitrogens with zero attached hydrogens (tertiary/aromatic N) is 3. The van der Waals surface area contributed by atoms with Crippen LogP contribution in [0, 0.1) is 6.92 Å². The number of benzene rings is 2. The van der Waals surface area contributed by atoms with Gasteiger partial charge < -0.3 is 14.6 Å². The molecule has 0 saturated carbocycles. The molecule has 0 saturated heterocycles. The monoisotopic (exact) mass is 378 g/mol. The highest BCUT2D eigenvalue weighted by Crippen LogP contribution is 2.23. The van der Waals surface area contributed by atoms with Crippen LogP contribution in [0.25, 0.3) is 11.5 Å². The Bertz CT molecular complexity index is 917. The molecule has 3 rings (SSSR count). The fourth-order valence-corrected chi connectivity index (χ4v) is 3.06. The van der Waals surface area contributed by atoms with E-state index in [2.05, 4.69) is 40.3 Å². The summed E-state index contributed by atoms with van der Waals surface area (Å²) < 4.78 is 5.65. The van der Waals surface area contributed by atoms with E-state index in [4.69, 9.17) is 4.42 Å². The highest BCUT2D eigenvalue weighted by Gasteiger charge is 2.12. The molecule has 0 radical (unpaired) electrons. The number of carbonyl (C=O) groups excluding carboxylic acids is 1. The molecule has 0 aliphatic heterocycles. The summed E-state index contributed by atoms with van der Waals surface area (Å²) in [5.74, 6) is 0.861. The zero-order valence-electron chi connectivity index (χ0n) is 16.6. The van der Waals surface area contributed by atoms with Crippen molar-refractivity contribution in [1.82, 2.24) is 10.2 Å². The second kappa shape index (κ2) is 9.17. The second-order valence-electron chi connectivity index (χ2n) is 6.59. The van der Waals surface area contributed by atoms with Gasteiger partial charge in [-0.3, -0.25) is 4.79 Å². The molecule has 6 nitrogen and oxygen atoms in total. The molecule has 2 aromatic carbocycles. The average Bonchev–Trinajstić information content (AvgIpc) is 3.19. The lowest BCUT2D eigenvalue weighted by Crippen LogP contribution is -2.22. The van der Waals surface area contributed by atoms with Crippen LogP contribution in [0.1, 0.15) is 31.7 Å². The number of hydrogen-bond acceptors (Lipinski definition) is 5. The molecule has 0 unspecified atom stereocenters. The molecule has 1 N–H and O–H groups in total. The third-order valence-corrected chi connectivity index (χ3v) is 4.67. The summed E-state index contributed by atoms with van der Waals surface area (Å²) in [5, 5.41) is 11.1. The van der Waals surface area contributed by atoms with E-state index in [0.29, 0.717) is 18.2 Å². The van der Waals surface area contributed by atoms with Crippen LogP contribution in [0.2, 0.25) is 0 Å². The molecule has 1 heterocycles. The van der Waals surface area contributed by atoms with Gasteiger partial charge in [-0.15, -0.1) is 10.2 Å². The molecule has 1 aromatic heterocycles. The van der Waals surface area contributed by atoms with Gasteiger partial charge in [0, 0.05) is 42.9 Å². The summed E-state index contributed by atoms with van der Waals surface area (Å²) in [6.45, 7) is 8.19. The zero-order chi connectivity index (χ0) is 19.9. The van der Waals surface area contributed by atoms with Crippen molar-refractivity contribution in [2.75, 3.05) is 23.3 Å². The number of aryl methyl sites for hydroxylation is 2. The summed E-state index contributed by atoms with van der Waals surface area (Å²) in [6.07, 6.45) is 0.690. The van der Waals surface area contributed by atoms with Crippen molar-refractivity contribution in [2.24, 2.45) is 0 Å². The van der Waals surface area contributed by atoms with E-state index in [-0.39, 0.29) is 12.3 Å². The van der Waals surface area contributed by atoms with Gasteiger partial charge in [0.25, 0.3) is 0 Å². The summed E-state index contributed by atoms with van der Waals surface area (Å²) in [5.41, 5.74) is 3.91. The van der Waals surface area contributed by atoms with Crippen LogP contribution in [0.3, 0.4) is 0 Å². The van der Waals surface area contributed by atoms with Crippen molar-refractivity contribution in [3.8, 4) is 11.5 Å². The van der Waals surface area contributed by atoms with Gasteiger partial charge in [-0.25, -0.2) is 0 Å². The van der Waals surface area contributed by atoms with Gasteiger partial charge in [0.2, 0.25) is 17.7 Å². The molecular formula is C22H26N4O2. The van der Waals surface area contributed by atoms with Crippen LogP contribution in [0.5, 0.6) is 0 Å². The maximum absolute atomic E-state index is 12.3. The molecule has 0 fully saturated rings. The second-order valence-corrected chi connectivity index (χ2v) is 6.59. The minimum absolute atomic E-state index is 0.0712. The van der Waals surface area contributed by atoms with E-state index in [9.17, 15) is 4.79 Å². The summed E-state index contributed by atoms with van der Waals surface area (Å²) in [7, 11) is 0. The van der Waals surface area contributed by atoms with E-state index >= 15 is 0 Å². The van der Waals surface area contributed by atoms with E-state index in [0.717, 1.165) is 29.9 Å². The fourth-order valence-electron chi connectivity index (χ4n) is 3.06. The molecule has 0 aliphatic rings. The van der Waals surface area contributed by atoms with Crippen LogP contribution < -0.4 is 10.2 Å². The Balaban J connectivity index is 1.57. The first kappa shape index (κ1) is 19.6. The smallest absolute Gasteiger partial charge is 0.247 e. The maximum Gasteiger partial charge on any atom is 0.247 e. The molecule has 0 spiro atoms. The molecule has 3 aromatic rings. The standard InChI is InChI=1S/C22H26N4O2/c1-4-26(5-2)18-11-12-19(16(3)15-18)23-20(27)13-14-21-24-25-22(28-21)17-9-7-6-8-10-17/h6-12,15H,4-5,13-14H2,1-3H3,(H,23,27). The SMILES string of the molecule is CCN(CC)c1ccc(NC(=O)CCc2nnc(-c3ccccc3)o2)c(C)c1. The summed E-state index contributed by atoms with van der Waals surface area (Å²) in [4.78, 5) is 14.6. The number of nitrogens with one attached hydrogen (secondary N) is 1. The quantitative estimate of drug-likeness (QED) is 0.626. The van der Waals surface area contributed by atoms with E-state index in [1.165, 1.54) is 5.69 Å². The predicted molar refractivity (Wildman–Crippen MR) is 111 cm³/mol. The normalized spacial score (nSPS) is 10.7. The molecule has 0 aliphatic carbocycles. The first-order valence-electron chi connectivity index (χ1n) is 9.64. The van der Waals surface area contributed by atoms with Crippen molar-refractivity contribution in [1.29, 1.82) is 0 Å². The third kappa shape index (κ3) is 4.76. The van der Waals surface area contributed by atoms with E-state index in [1.54, 1.807) is 0 Å². The molecule has 28 heavy (non-hydrogen) atoms. The lowest BCUT2D eigenvalue weighted by Gasteiger charge is -2.22. The first-order valence-corrected chi connectivity index (χ1v) is 9.64. The van der Waals surface area contributed by atoms with Gasteiger partial charge in [0.15, 0.2) is 0 Å². The third-order valence-electron chi connectivity index (χ3n) is 4.67. The Morgan fingerprint density at radius 1 is 1.07 bits per heavy atom. The number of carbonyl (C=O) groups is 1. The van der Waals surface area contributed by atoms with Gasteiger partial charge in [0.05, 0.1) is 0 Å². The van der Waals surface area contributed by atoms with Gasteiger partial charge in [0.1, 0.15) is 0 Å². The van der Waals surface area contributed by atoms with Crippen molar-refractivity contribution in [2.45, 2.75) is 33.6 Å². The predicted octanol–water partition coefficient (Wildman–Crippen LogP) is 4.46. The number of aromatic nitrogens is 2. The Morgan fingerprint density at radius 3 is 2.50 bits per heavy atom. The number of anilines is 2. The lowest BCUT2D eigenvalue weighted by atomic mass is 10.1. The van der Waals surface area contributed by atoms with Crippen LogP contribution in [0.15, 0.2) is 52.9 Å². The Kier molecular flexibility index (Phi) is 6.42. The summed E-state index contributed by atoms with van der Waals surface area (Å²) >= 11 is 0. The molecule has 0 bridgehead atoms. The molecule has 0 atom stereocenters. The number of hydrogen-bond donors (Lipinski definition) is 1. The first-order chi connectivity index (χ1) is 13.6. The largest absolute Gasteiger partial charge is 0.421 e. The van der Waals surface area contributed by atoms with E-state index < -0.39 is 0 Å². The van der Waals surface area contributed by atoms with Crippen LogP contribution in [0.4, 0.5) is 11.4 Å². The zero-order valence-corrected chi connectivity index (χ0v) is 16.6. The number of rotatable bonds is 8. The lowest BCUT2D eigenvalue weighted by molar-refractivity contribution is -0.116. The number of amides is 1. The Labute approximate surface area is 165 Å². The molecule has 1 amide bonds. The Morgan fingerprint density at radius 2 is 1.82 bits per heavy atom. The molecular weight excluding hydrogens is 352 g/mol. The van der Waals surface area contributed by atoms with Crippen LogP contribution >= 0.6 is 0 Å². The molecule has 6 heteroatoms. The van der Waals surface area contributed by atoms with Gasteiger partial charge in [-0.05, 0) is 56.7 Å². The van der Waals surface area contributed by atoms with E-state index in [1.807, 2.05) is 49.4 Å². The average molecular weight is 378 g/mol. The maximum atomic E-state index is 12.3. The van der Waals surface area contributed by atoms with Crippen molar-refractivity contribution in [3.05, 3.63) is 60.0 Å². The van der Waals surface area contributed by atoms with Gasteiger partial charge in [-0.1, -0.05) is 18.2 Å². The summed E-state index contributed by atoms with van der Waals surface area (Å²) in [6, 6.07) is 15.7. The van der Waals surface area contributed by atoms with Crippen molar-refractivity contribution in [3.63, 3.8) is 0 Å². The highest BCUT2D eigenvalue weighted by atomic mass is 16.4.